The van der Waals surface area contributed by atoms with Crippen molar-refractivity contribution in [1.29, 1.82) is 0 Å². The van der Waals surface area contributed by atoms with E-state index in [1.165, 1.54) is 0 Å². The Balaban J connectivity index is 2.50. The summed E-state index contributed by atoms with van der Waals surface area (Å²) in [5.74, 6) is 0. The van der Waals surface area contributed by atoms with Crippen LogP contribution in [0.25, 0.3) is 10.9 Å². The van der Waals surface area contributed by atoms with Crippen molar-refractivity contribution in [3.8, 4) is 0 Å². The number of hydrogen-bond acceptors (Lipinski definition) is 3. The van der Waals surface area contributed by atoms with Gasteiger partial charge in [-0.25, -0.2) is 0 Å². The number of para-hydroxylation sites is 1. The molecule has 2 rings (SSSR count). The second-order valence-corrected chi connectivity index (χ2v) is 3.46. The molecule has 1 aromatic carbocycles. The van der Waals surface area contributed by atoms with Crippen LogP contribution in [0.4, 0.5) is 0 Å². The summed E-state index contributed by atoms with van der Waals surface area (Å²) in [4.78, 5) is 15.0. The third-order valence-corrected chi connectivity index (χ3v) is 2.48. The minimum Gasteiger partial charge on any atom is -0.250 e. The molecule has 1 atom stereocenters. The van der Waals surface area contributed by atoms with Crippen molar-refractivity contribution in [1.82, 2.24) is 4.98 Å². The topological polar surface area (TPSA) is 42.3 Å². The van der Waals surface area contributed by atoms with E-state index >= 15 is 0 Å². The third-order valence-electron chi connectivity index (χ3n) is 2.48. The van der Waals surface area contributed by atoms with E-state index in [-0.39, 0.29) is 6.04 Å². The second kappa shape index (κ2) is 4.17. The van der Waals surface area contributed by atoms with Gasteiger partial charge in [-0.3, -0.25) is 4.98 Å². The summed E-state index contributed by atoms with van der Waals surface area (Å²) in [5.41, 5.74) is 1.67. The molecular weight excluding hydrogens is 188 g/mol. The monoisotopic (exact) mass is 200 g/mol. The standard InChI is InChI=1S/C12H12N2O/c1-2-10(14-15)12-8-7-9-5-3-4-6-11(9)13-12/h3-8,10H,2H2,1H3. The normalized spacial score (nSPS) is 12.6. The van der Waals surface area contributed by atoms with Crippen LogP contribution in [-0.2, 0) is 0 Å². The number of aromatic nitrogens is 1. The maximum atomic E-state index is 10.6. The zero-order valence-electron chi connectivity index (χ0n) is 8.55. The molecule has 3 heteroatoms. The Kier molecular flexibility index (Phi) is 2.72. The van der Waals surface area contributed by atoms with Crippen molar-refractivity contribution in [2.75, 3.05) is 0 Å². The molecular formula is C12H12N2O. The van der Waals surface area contributed by atoms with Gasteiger partial charge in [-0.1, -0.05) is 36.4 Å². The van der Waals surface area contributed by atoms with E-state index < -0.39 is 0 Å². The second-order valence-electron chi connectivity index (χ2n) is 3.46. The summed E-state index contributed by atoms with van der Waals surface area (Å²) in [6.45, 7) is 1.93. The van der Waals surface area contributed by atoms with Crippen molar-refractivity contribution in [3.05, 3.63) is 47.0 Å². The number of pyridine rings is 1. The number of nitroso groups, excluding NO2 is 1. The van der Waals surface area contributed by atoms with Crippen LogP contribution in [-0.4, -0.2) is 4.98 Å². The Labute approximate surface area is 88.1 Å². The molecule has 2 aromatic rings. The summed E-state index contributed by atoms with van der Waals surface area (Å²) in [7, 11) is 0. The number of fused-ring (bicyclic) bond motifs is 1. The molecule has 0 saturated carbocycles. The van der Waals surface area contributed by atoms with Crippen LogP contribution in [0, 0.1) is 4.91 Å². The number of nitrogens with zero attached hydrogens (tertiary/aromatic N) is 2. The van der Waals surface area contributed by atoms with Gasteiger partial charge >= 0.3 is 0 Å². The maximum absolute atomic E-state index is 10.6. The number of benzene rings is 1. The first-order valence-electron chi connectivity index (χ1n) is 5.03. The van der Waals surface area contributed by atoms with Crippen LogP contribution < -0.4 is 0 Å². The Morgan fingerprint density at radius 1 is 1.27 bits per heavy atom. The average molecular weight is 200 g/mol. The van der Waals surface area contributed by atoms with Gasteiger partial charge in [0, 0.05) is 5.39 Å². The molecule has 1 heterocycles. The molecule has 0 bridgehead atoms. The van der Waals surface area contributed by atoms with E-state index in [1.54, 1.807) is 0 Å². The van der Waals surface area contributed by atoms with Gasteiger partial charge in [0.1, 0.15) is 6.04 Å². The lowest BCUT2D eigenvalue weighted by Gasteiger charge is -2.06. The third kappa shape index (κ3) is 1.86. The molecule has 0 spiro atoms. The highest BCUT2D eigenvalue weighted by Crippen LogP contribution is 2.21. The van der Waals surface area contributed by atoms with Crippen molar-refractivity contribution in [2.24, 2.45) is 5.18 Å². The van der Waals surface area contributed by atoms with Gasteiger partial charge in [0.05, 0.1) is 11.2 Å². The lowest BCUT2D eigenvalue weighted by atomic mass is 10.1. The zero-order chi connectivity index (χ0) is 10.7. The Morgan fingerprint density at radius 2 is 2.07 bits per heavy atom. The van der Waals surface area contributed by atoms with E-state index in [0.29, 0.717) is 6.42 Å². The molecule has 0 radical (unpaired) electrons. The molecule has 0 amide bonds. The van der Waals surface area contributed by atoms with Crippen LogP contribution in [0.15, 0.2) is 41.6 Å². The average Bonchev–Trinajstić information content (AvgIpc) is 2.30. The van der Waals surface area contributed by atoms with E-state index in [4.69, 9.17) is 0 Å². The molecule has 0 aliphatic heterocycles. The quantitative estimate of drug-likeness (QED) is 0.712. The fourth-order valence-electron chi connectivity index (χ4n) is 1.61. The lowest BCUT2D eigenvalue weighted by molar-refractivity contribution is 0.676. The smallest absolute Gasteiger partial charge is 0.134 e. The van der Waals surface area contributed by atoms with E-state index in [1.807, 2.05) is 43.3 Å². The maximum Gasteiger partial charge on any atom is 0.134 e. The first-order chi connectivity index (χ1) is 7.35. The highest BCUT2D eigenvalue weighted by atomic mass is 16.3. The molecule has 15 heavy (non-hydrogen) atoms. The molecule has 0 saturated heterocycles. The summed E-state index contributed by atoms with van der Waals surface area (Å²) in [6.07, 6.45) is 0.689. The van der Waals surface area contributed by atoms with Crippen molar-refractivity contribution in [2.45, 2.75) is 19.4 Å². The highest BCUT2D eigenvalue weighted by Gasteiger charge is 2.10. The van der Waals surface area contributed by atoms with Gasteiger partial charge in [0.25, 0.3) is 0 Å². The molecule has 3 nitrogen and oxygen atoms in total. The van der Waals surface area contributed by atoms with Crippen LogP contribution in [0.2, 0.25) is 0 Å². The SMILES string of the molecule is CCC(N=O)c1ccc2ccccc2n1. The first kappa shape index (κ1) is 9.77. The number of rotatable bonds is 3. The molecule has 0 aliphatic carbocycles. The van der Waals surface area contributed by atoms with Crippen LogP contribution >= 0.6 is 0 Å². The first-order valence-corrected chi connectivity index (χ1v) is 5.03. The van der Waals surface area contributed by atoms with Crippen molar-refractivity contribution >= 4 is 10.9 Å². The Hall–Kier alpha value is -1.77. The molecule has 0 aliphatic rings. The summed E-state index contributed by atoms with van der Waals surface area (Å²) >= 11 is 0. The van der Waals surface area contributed by atoms with E-state index in [0.717, 1.165) is 16.6 Å². The summed E-state index contributed by atoms with van der Waals surface area (Å²) in [6, 6.07) is 11.4. The van der Waals surface area contributed by atoms with Gasteiger partial charge < -0.3 is 0 Å². The largest absolute Gasteiger partial charge is 0.250 e. The zero-order valence-corrected chi connectivity index (χ0v) is 8.55. The van der Waals surface area contributed by atoms with Crippen LogP contribution in [0.3, 0.4) is 0 Å². The Morgan fingerprint density at radius 3 is 2.80 bits per heavy atom. The van der Waals surface area contributed by atoms with Gasteiger partial charge in [0.15, 0.2) is 0 Å². The molecule has 0 N–H and O–H groups in total. The Bertz CT molecular complexity index is 482. The van der Waals surface area contributed by atoms with Crippen LogP contribution in [0.5, 0.6) is 0 Å². The van der Waals surface area contributed by atoms with E-state index in [9.17, 15) is 4.91 Å². The summed E-state index contributed by atoms with van der Waals surface area (Å²) < 4.78 is 0. The fraction of sp³-hybridized carbons (Fsp3) is 0.250. The number of hydrogen-bond donors (Lipinski definition) is 0. The van der Waals surface area contributed by atoms with Crippen molar-refractivity contribution < 1.29 is 0 Å². The van der Waals surface area contributed by atoms with Crippen LogP contribution in [0.1, 0.15) is 25.1 Å². The minimum atomic E-state index is -0.324. The van der Waals surface area contributed by atoms with Gasteiger partial charge in [-0.2, -0.15) is 4.91 Å². The fourth-order valence-corrected chi connectivity index (χ4v) is 1.61. The minimum absolute atomic E-state index is 0.324. The highest BCUT2D eigenvalue weighted by molar-refractivity contribution is 5.78. The predicted octanol–water partition coefficient (Wildman–Crippen LogP) is 3.45. The van der Waals surface area contributed by atoms with Gasteiger partial charge in [-0.05, 0) is 18.6 Å². The predicted molar refractivity (Wildman–Crippen MR) is 60.6 cm³/mol. The molecule has 1 unspecified atom stereocenters. The summed E-state index contributed by atoms with van der Waals surface area (Å²) in [5, 5.41) is 4.16. The molecule has 0 fully saturated rings. The van der Waals surface area contributed by atoms with Crippen molar-refractivity contribution in [3.63, 3.8) is 0 Å². The van der Waals surface area contributed by atoms with E-state index in [2.05, 4.69) is 10.2 Å². The molecule has 1 aromatic heterocycles. The lowest BCUT2D eigenvalue weighted by Crippen LogP contribution is -1.96. The van der Waals surface area contributed by atoms with Gasteiger partial charge in [-0.15, -0.1) is 0 Å². The van der Waals surface area contributed by atoms with Gasteiger partial charge in [0.2, 0.25) is 0 Å². The molecule has 76 valence electrons.